The number of hydrogen-bond donors (Lipinski definition) is 0. The van der Waals surface area contributed by atoms with Gasteiger partial charge in [0.25, 0.3) is 0 Å². The molecule has 0 radical (unpaired) electrons. The van der Waals surface area contributed by atoms with Gasteiger partial charge in [0, 0.05) is 5.57 Å². The third-order valence-corrected chi connectivity index (χ3v) is 1.57. The van der Waals surface area contributed by atoms with Gasteiger partial charge in [0.05, 0.1) is 11.5 Å². The first kappa shape index (κ1) is 14.2. The first-order valence-electron chi connectivity index (χ1n) is 4.68. The number of ether oxygens (including phenoxy) is 2. The second-order valence-electron chi connectivity index (χ2n) is 4.01. The largest absolute Gasteiger partial charge is 0.461 e. The fourth-order valence-corrected chi connectivity index (χ4v) is 0.583. The summed E-state index contributed by atoms with van der Waals surface area (Å²) in [5, 5.41) is 8.66. The number of rotatable bonds is 5. The molecule has 0 saturated carbocycles. The molecule has 0 saturated heterocycles. The van der Waals surface area contributed by atoms with Gasteiger partial charge in [-0.25, -0.2) is 9.59 Å². The van der Waals surface area contributed by atoms with Gasteiger partial charge in [0.15, 0.2) is 6.61 Å². The lowest BCUT2D eigenvalue weighted by atomic mass is 9.98. The van der Waals surface area contributed by atoms with E-state index in [-0.39, 0.29) is 12.2 Å². The van der Waals surface area contributed by atoms with Gasteiger partial charge in [-0.05, 0) is 20.8 Å². The average Bonchev–Trinajstić information content (AvgIpc) is 2.23. The third-order valence-electron chi connectivity index (χ3n) is 1.57. The van der Waals surface area contributed by atoms with Gasteiger partial charge in [-0.3, -0.25) is 0 Å². The van der Waals surface area contributed by atoms with Crippen molar-refractivity contribution in [3.8, 4) is 6.07 Å². The van der Waals surface area contributed by atoms with Crippen LogP contribution in [0.4, 0.5) is 0 Å². The fourth-order valence-electron chi connectivity index (χ4n) is 0.583. The molecule has 0 spiro atoms. The molecule has 0 heterocycles. The summed E-state index contributed by atoms with van der Waals surface area (Å²) in [6.07, 6.45) is 0. The van der Waals surface area contributed by atoms with Gasteiger partial charge in [0.1, 0.15) is 6.61 Å². The molecule has 0 rings (SSSR count). The Morgan fingerprint density at radius 2 is 1.94 bits per heavy atom. The minimum atomic E-state index is -0.742. The molecule has 0 aliphatic heterocycles. The van der Waals surface area contributed by atoms with E-state index >= 15 is 0 Å². The first-order chi connectivity index (χ1) is 7.28. The average molecular weight is 225 g/mol. The molecule has 5 nitrogen and oxygen atoms in total. The highest BCUT2D eigenvalue weighted by Crippen LogP contribution is 2.12. The zero-order valence-electron chi connectivity index (χ0n) is 9.70. The predicted octanol–water partition coefficient (Wildman–Crippen LogP) is 1.20. The van der Waals surface area contributed by atoms with Crippen LogP contribution in [0.25, 0.3) is 0 Å². The number of nitriles is 1. The van der Waals surface area contributed by atoms with Crippen LogP contribution in [0.3, 0.4) is 0 Å². The fraction of sp³-hybridized carbons (Fsp3) is 0.545. The maximum atomic E-state index is 11.1. The zero-order valence-corrected chi connectivity index (χ0v) is 9.70. The Morgan fingerprint density at radius 1 is 1.38 bits per heavy atom. The van der Waals surface area contributed by atoms with Crippen LogP contribution < -0.4 is 0 Å². The quantitative estimate of drug-likeness (QED) is 0.519. The van der Waals surface area contributed by atoms with Crippen LogP contribution in [0.15, 0.2) is 12.2 Å². The van der Waals surface area contributed by atoms with E-state index in [9.17, 15) is 9.59 Å². The molecular formula is C11H15NO4. The molecular weight excluding hydrogens is 210 g/mol. The normalized spacial score (nSPS) is 10.1. The van der Waals surface area contributed by atoms with Crippen molar-refractivity contribution in [2.75, 3.05) is 13.2 Å². The molecule has 0 amide bonds. The molecule has 0 fully saturated rings. The van der Waals surface area contributed by atoms with Crippen molar-refractivity contribution in [1.29, 1.82) is 5.26 Å². The van der Waals surface area contributed by atoms with Gasteiger partial charge in [-0.15, -0.1) is 0 Å². The Bertz CT molecular complexity index is 338. The van der Waals surface area contributed by atoms with Crippen molar-refractivity contribution in [1.82, 2.24) is 0 Å². The summed E-state index contributed by atoms with van der Waals surface area (Å²) in [4.78, 5) is 22.0. The van der Waals surface area contributed by atoms with Gasteiger partial charge in [-0.2, -0.15) is 5.26 Å². The molecule has 0 aromatic rings. The van der Waals surface area contributed by atoms with Crippen LogP contribution in [-0.2, 0) is 19.1 Å². The number of carbonyl (C=O) groups excluding carboxylic acids is 2. The van der Waals surface area contributed by atoms with Crippen molar-refractivity contribution in [3.63, 3.8) is 0 Å². The molecule has 5 heteroatoms. The summed E-state index contributed by atoms with van der Waals surface area (Å²) < 4.78 is 9.33. The van der Waals surface area contributed by atoms with E-state index in [2.05, 4.69) is 11.3 Å². The molecule has 0 aliphatic carbocycles. The molecule has 88 valence electrons. The molecule has 0 aliphatic rings. The van der Waals surface area contributed by atoms with E-state index in [4.69, 9.17) is 10.00 Å². The number of carbonyl (C=O) groups is 2. The SMILES string of the molecule is C=C(C)C(=O)OCC(=O)OCC(C)(C)C#N. The third kappa shape index (κ3) is 5.81. The van der Waals surface area contributed by atoms with Crippen molar-refractivity contribution in [3.05, 3.63) is 12.2 Å². The summed E-state index contributed by atoms with van der Waals surface area (Å²) in [6.45, 7) is 7.62. The lowest BCUT2D eigenvalue weighted by Gasteiger charge is -2.14. The molecule has 0 atom stereocenters. The Labute approximate surface area is 94.6 Å². The second kappa shape index (κ2) is 5.91. The van der Waals surface area contributed by atoms with Gasteiger partial charge >= 0.3 is 11.9 Å². The topological polar surface area (TPSA) is 76.4 Å². The zero-order chi connectivity index (χ0) is 12.8. The lowest BCUT2D eigenvalue weighted by Crippen LogP contribution is -2.23. The summed E-state index contributed by atoms with van der Waals surface area (Å²) in [6, 6.07) is 1.98. The molecule has 0 unspecified atom stereocenters. The lowest BCUT2D eigenvalue weighted by molar-refractivity contribution is -0.158. The smallest absolute Gasteiger partial charge is 0.344 e. The van der Waals surface area contributed by atoms with E-state index in [1.54, 1.807) is 13.8 Å². The van der Waals surface area contributed by atoms with E-state index in [0.717, 1.165) is 0 Å². The number of esters is 2. The number of hydrogen-bond acceptors (Lipinski definition) is 5. The van der Waals surface area contributed by atoms with Crippen molar-refractivity contribution in [2.24, 2.45) is 5.41 Å². The summed E-state index contributed by atoms with van der Waals surface area (Å²) in [5.41, 5.74) is -0.529. The Balaban J connectivity index is 3.90. The Kier molecular flexibility index (Phi) is 5.23. The minimum absolute atomic E-state index is 0.0348. The van der Waals surface area contributed by atoms with Crippen LogP contribution in [0.2, 0.25) is 0 Å². The van der Waals surface area contributed by atoms with Gasteiger partial charge in [-0.1, -0.05) is 6.58 Å². The van der Waals surface area contributed by atoms with Crippen LogP contribution in [0.5, 0.6) is 0 Å². The molecule has 0 bridgehead atoms. The number of nitrogens with zero attached hydrogens (tertiary/aromatic N) is 1. The van der Waals surface area contributed by atoms with Gasteiger partial charge in [0.2, 0.25) is 0 Å². The molecule has 0 aromatic heterocycles. The van der Waals surface area contributed by atoms with E-state index in [1.165, 1.54) is 6.92 Å². The van der Waals surface area contributed by atoms with Crippen LogP contribution >= 0.6 is 0 Å². The van der Waals surface area contributed by atoms with Crippen LogP contribution in [0.1, 0.15) is 20.8 Å². The van der Waals surface area contributed by atoms with Crippen molar-refractivity contribution < 1.29 is 19.1 Å². The Hall–Kier alpha value is -1.83. The highest BCUT2D eigenvalue weighted by atomic mass is 16.6. The standard InChI is InChI=1S/C11H15NO4/c1-8(2)10(14)15-5-9(13)16-7-11(3,4)6-12/h1,5,7H2,2-4H3. The summed E-state index contributed by atoms with van der Waals surface area (Å²) in [7, 11) is 0. The maximum absolute atomic E-state index is 11.1. The molecule has 16 heavy (non-hydrogen) atoms. The maximum Gasteiger partial charge on any atom is 0.344 e. The first-order valence-corrected chi connectivity index (χ1v) is 4.68. The van der Waals surface area contributed by atoms with E-state index in [1.807, 2.05) is 6.07 Å². The molecule has 0 N–H and O–H groups in total. The van der Waals surface area contributed by atoms with Crippen molar-refractivity contribution >= 4 is 11.9 Å². The predicted molar refractivity (Wildman–Crippen MR) is 56.1 cm³/mol. The van der Waals surface area contributed by atoms with Crippen LogP contribution in [-0.4, -0.2) is 25.2 Å². The monoisotopic (exact) mass is 225 g/mol. The van der Waals surface area contributed by atoms with Crippen LogP contribution in [0, 0.1) is 16.7 Å². The highest BCUT2D eigenvalue weighted by molar-refractivity contribution is 5.88. The van der Waals surface area contributed by atoms with E-state index in [0.29, 0.717) is 0 Å². The van der Waals surface area contributed by atoms with E-state index < -0.39 is 24.0 Å². The Morgan fingerprint density at radius 3 is 2.38 bits per heavy atom. The van der Waals surface area contributed by atoms with Gasteiger partial charge < -0.3 is 9.47 Å². The second-order valence-corrected chi connectivity index (χ2v) is 4.01. The minimum Gasteiger partial charge on any atom is -0.461 e. The summed E-state index contributed by atoms with van der Waals surface area (Å²) >= 11 is 0. The highest BCUT2D eigenvalue weighted by Gasteiger charge is 2.19. The molecule has 0 aromatic carbocycles. The van der Waals surface area contributed by atoms with Crippen molar-refractivity contribution in [2.45, 2.75) is 20.8 Å². The summed E-state index contributed by atoms with van der Waals surface area (Å²) in [5.74, 6) is -1.32.